The molecule has 0 spiro atoms. The van der Waals surface area contributed by atoms with Gasteiger partial charge in [-0.2, -0.15) is 0 Å². The number of hydrogen-bond acceptors (Lipinski definition) is 3. The molecule has 1 saturated heterocycles. The topological polar surface area (TPSA) is 78.5 Å². The zero-order valence-corrected chi connectivity index (χ0v) is 10.6. The van der Waals surface area contributed by atoms with E-state index in [1.807, 2.05) is 31.2 Å². The highest BCUT2D eigenvalue weighted by Crippen LogP contribution is 2.03. The molecule has 2 N–H and O–H groups in total. The maximum absolute atomic E-state index is 11.7. The molecule has 0 radical (unpaired) electrons. The number of carbonyl (C=O) groups excluding carboxylic acids is 3. The highest BCUT2D eigenvalue weighted by molar-refractivity contribution is 6.04. The van der Waals surface area contributed by atoms with E-state index in [2.05, 4.69) is 10.6 Å². The molecule has 19 heavy (non-hydrogen) atoms. The van der Waals surface area contributed by atoms with Crippen molar-refractivity contribution in [2.45, 2.75) is 13.5 Å². The van der Waals surface area contributed by atoms with Gasteiger partial charge in [-0.15, -0.1) is 0 Å². The van der Waals surface area contributed by atoms with Gasteiger partial charge in [0.25, 0.3) is 5.91 Å². The number of amides is 4. The Morgan fingerprint density at radius 2 is 2.21 bits per heavy atom. The summed E-state index contributed by atoms with van der Waals surface area (Å²) < 4.78 is 0. The number of nitrogens with zero attached hydrogens (tertiary/aromatic N) is 1. The fourth-order valence-electron chi connectivity index (χ4n) is 1.84. The molecule has 1 aromatic rings. The van der Waals surface area contributed by atoms with E-state index in [1.165, 1.54) is 0 Å². The van der Waals surface area contributed by atoms with Crippen LogP contribution in [-0.4, -0.2) is 35.8 Å². The molecule has 1 aromatic carbocycles. The van der Waals surface area contributed by atoms with E-state index >= 15 is 0 Å². The number of urea groups is 1. The van der Waals surface area contributed by atoms with Gasteiger partial charge in [-0.05, 0) is 12.5 Å². The Morgan fingerprint density at radius 3 is 2.84 bits per heavy atom. The van der Waals surface area contributed by atoms with Crippen LogP contribution in [0.15, 0.2) is 24.3 Å². The van der Waals surface area contributed by atoms with E-state index in [4.69, 9.17) is 0 Å². The molecule has 2 rings (SSSR count). The third kappa shape index (κ3) is 3.31. The van der Waals surface area contributed by atoms with Crippen molar-refractivity contribution in [1.82, 2.24) is 15.5 Å². The van der Waals surface area contributed by atoms with Crippen molar-refractivity contribution in [3.63, 3.8) is 0 Å². The average molecular weight is 261 g/mol. The molecular formula is C13H15N3O3. The quantitative estimate of drug-likeness (QED) is 0.758. The first-order chi connectivity index (χ1) is 9.06. The van der Waals surface area contributed by atoms with Crippen LogP contribution in [0.1, 0.15) is 11.1 Å². The highest BCUT2D eigenvalue weighted by atomic mass is 16.2. The molecule has 0 saturated carbocycles. The zero-order chi connectivity index (χ0) is 13.8. The third-order valence-corrected chi connectivity index (χ3v) is 2.81. The van der Waals surface area contributed by atoms with E-state index in [0.29, 0.717) is 6.54 Å². The third-order valence-electron chi connectivity index (χ3n) is 2.81. The maximum Gasteiger partial charge on any atom is 0.325 e. The Hall–Kier alpha value is -2.37. The monoisotopic (exact) mass is 261 g/mol. The lowest BCUT2D eigenvalue weighted by Gasteiger charge is -2.12. The summed E-state index contributed by atoms with van der Waals surface area (Å²) in [5, 5.41) is 5.04. The molecule has 6 heteroatoms. The summed E-state index contributed by atoms with van der Waals surface area (Å²) in [5.74, 6) is -0.734. The first-order valence-electron chi connectivity index (χ1n) is 5.96. The molecule has 0 atom stereocenters. The maximum atomic E-state index is 11.7. The van der Waals surface area contributed by atoms with Gasteiger partial charge in [0.05, 0.1) is 6.54 Å². The van der Waals surface area contributed by atoms with E-state index in [9.17, 15) is 14.4 Å². The predicted molar refractivity (Wildman–Crippen MR) is 68.1 cm³/mol. The predicted octanol–water partition coefficient (Wildman–Crippen LogP) is 0.163. The van der Waals surface area contributed by atoms with Crippen LogP contribution >= 0.6 is 0 Å². The van der Waals surface area contributed by atoms with E-state index in [-0.39, 0.29) is 24.9 Å². The summed E-state index contributed by atoms with van der Waals surface area (Å²) in [6.45, 7) is 2.07. The normalized spacial score (nSPS) is 14.5. The summed E-state index contributed by atoms with van der Waals surface area (Å²) >= 11 is 0. The molecular weight excluding hydrogens is 246 g/mol. The summed E-state index contributed by atoms with van der Waals surface area (Å²) in [6, 6.07) is 7.23. The van der Waals surface area contributed by atoms with Crippen LogP contribution in [0.4, 0.5) is 4.79 Å². The van der Waals surface area contributed by atoms with Gasteiger partial charge in [-0.1, -0.05) is 29.8 Å². The van der Waals surface area contributed by atoms with Crippen molar-refractivity contribution >= 4 is 17.8 Å². The molecule has 1 aliphatic heterocycles. The van der Waals surface area contributed by atoms with Gasteiger partial charge in [-0.25, -0.2) is 4.79 Å². The fraction of sp³-hybridized carbons (Fsp3) is 0.308. The average Bonchev–Trinajstić information content (AvgIpc) is 2.68. The summed E-state index contributed by atoms with van der Waals surface area (Å²) in [4.78, 5) is 35.1. The highest BCUT2D eigenvalue weighted by Gasteiger charge is 2.29. The lowest BCUT2D eigenvalue weighted by Crippen LogP contribution is -2.40. The van der Waals surface area contributed by atoms with Gasteiger partial charge in [0.1, 0.15) is 6.54 Å². The zero-order valence-electron chi connectivity index (χ0n) is 10.6. The van der Waals surface area contributed by atoms with Gasteiger partial charge < -0.3 is 10.6 Å². The Balaban J connectivity index is 1.85. The lowest BCUT2D eigenvalue weighted by molar-refractivity contribution is -0.130. The molecule has 0 aromatic heterocycles. The second-order valence-electron chi connectivity index (χ2n) is 4.40. The van der Waals surface area contributed by atoms with Crippen LogP contribution in [0.5, 0.6) is 0 Å². The summed E-state index contributed by atoms with van der Waals surface area (Å²) in [6.07, 6.45) is 0. The number of aryl methyl sites for hydroxylation is 1. The van der Waals surface area contributed by atoms with Crippen molar-refractivity contribution in [3.05, 3.63) is 35.4 Å². The van der Waals surface area contributed by atoms with Crippen LogP contribution in [0.3, 0.4) is 0 Å². The number of hydrogen-bond donors (Lipinski definition) is 2. The van der Waals surface area contributed by atoms with Crippen LogP contribution in [-0.2, 0) is 16.1 Å². The van der Waals surface area contributed by atoms with E-state index < -0.39 is 6.03 Å². The molecule has 1 aliphatic rings. The van der Waals surface area contributed by atoms with Crippen molar-refractivity contribution in [2.75, 3.05) is 13.1 Å². The van der Waals surface area contributed by atoms with Crippen LogP contribution in [0.2, 0.25) is 0 Å². The summed E-state index contributed by atoms with van der Waals surface area (Å²) in [5.41, 5.74) is 2.09. The largest absolute Gasteiger partial charge is 0.350 e. The van der Waals surface area contributed by atoms with Gasteiger partial charge in [0, 0.05) is 6.54 Å². The number of rotatable bonds is 4. The first kappa shape index (κ1) is 13.1. The van der Waals surface area contributed by atoms with Crippen molar-refractivity contribution < 1.29 is 14.4 Å². The van der Waals surface area contributed by atoms with Gasteiger partial charge in [0.15, 0.2) is 0 Å². The Labute approximate surface area is 110 Å². The van der Waals surface area contributed by atoms with Crippen LogP contribution < -0.4 is 10.6 Å². The van der Waals surface area contributed by atoms with Gasteiger partial charge >= 0.3 is 6.03 Å². The molecule has 100 valence electrons. The van der Waals surface area contributed by atoms with Crippen molar-refractivity contribution in [1.29, 1.82) is 0 Å². The Morgan fingerprint density at radius 1 is 1.42 bits per heavy atom. The number of nitrogens with one attached hydrogen (secondary N) is 2. The molecule has 0 bridgehead atoms. The summed E-state index contributed by atoms with van der Waals surface area (Å²) in [7, 11) is 0. The molecule has 6 nitrogen and oxygen atoms in total. The van der Waals surface area contributed by atoms with E-state index in [0.717, 1.165) is 16.0 Å². The smallest absolute Gasteiger partial charge is 0.325 e. The van der Waals surface area contributed by atoms with Crippen molar-refractivity contribution in [2.24, 2.45) is 0 Å². The van der Waals surface area contributed by atoms with Gasteiger partial charge in [-0.3, -0.25) is 14.5 Å². The lowest BCUT2D eigenvalue weighted by atomic mass is 10.1. The molecule has 0 unspecified atom stereocenters. The standard InChI is InChI=1S/C13H15N3O3/c1-9-3-2-4-10(5-9)6-14-11(17)8-16-12(18)7-15-13(16)19/h2-5H,6-8H2,1H3,(H,14,17)(H,15,19). The van der Waals surface area contributed by atoms with Crippen molar-refractivity contribution in [3.8, 4) is 0 Å². The second-order valence-corrected chi connectivity index (χ2v) is 4.40. The molecule has 1 heterocycles. The van der Waals surface area contributed by atoms with Crippen LogP contribution in [0.25, 0.3) is 0 Å². The Bertz CT molecular complexity index is 512. The SMILES string of the molecule is Cc1cccc(CNC(=O)CN2C(=O)CNC2=O)c1. The minimum Gasteiger partial charge on any atom is -0.350 e. The second kappa shape index (κ2) is 5.51. The minimum atomic E-state index is -0.518. The number of imide groups is 1. The van der Waals surface area contributed by atoms with Gasteiger partial charge in [0.2, 0.25) is 5.91 Å². The molecule has 1 fully saturated rings. The minimum absolute atomic E-state index is 0.0377. The number of benzene rings is 1. The van der Waals surface area contributed by atoms with Crippen LogP contribution in [0, 0.1) is 6.92 Å². The molecule has 4 amide bonds. The first-order valence-corrected chi connectivity index (χ1v) is 5.96. The fourth-order valence-corrected chi connectivity index (χ4v) is 1.84. The Kier molecular flexibility index (Phi) is 3.79. The molecule has 0 aliphatic carbocycles. The van der Waals surface area contributed by atoms with E-state index in [1.54, 1.807) is 0 Å². The number of carbonyl (C=O) groups is 3.